The van der Waals surface area contributed by atoms with Gasteiger partial charge >= 0.3 is 0 Å². The molecular formula is C13H22N2. The van der Waals surface area contributed by atoms with Crippen LogP contribution in [0, 0.1) is 12.8 Å². The molecule has 2 heteroatoms. The van der Waals surface area contributed by atoms with Crippen molar-refractivity contribution in [2.45, 2.75) is 13.8 Å². The molecular weight excluding hydrogens is 184 g/mol. The van der Waals surface area contributed by atoms with Crippen LogP contribution in [-0.2, 0) is 0 Å². The van der Waals surface area contributed by atoms with E-state index in [1.165, 1.54) is 11.3 Å². The van der Waals surface area contributed by atoms with E-state index in [4.69, 9.17) is 0 Å². The van der Waals surface area contributed by atoms with Gasteiger partial charge in [0.15, 0.2) is 0 Å². The minimum Gasteiger partial charge on any atom is -0.385 e. The van der Waals surface area contributed by atoms with E-state index < -0.39 is 0 Å². The largest absolute Gasteiger partial charge is 0.385 e. The number of nitrogens with zero attached hydrogens (tertiary/aromatic N) is 1. The molecule has 0 saturated heterocycles. The smallest absolute Gasteiger partial charge is 0.0340 e. The molecule has 0 amide bonds. The molecule has 1 N–H and O–H groups in total. The molecule has 2 nitrogen and oxygen atoms in total. The van der Waals surface area contributed by atoms with Gasteiger partial charge in [-0.15, -0.1) is 0 Å². The Hall–Kier alpha value is -1.02. The summed E-state index contributed by atoms with van der Waals surface area (Å²) in [6.07, 6.45) is 0. The molecule has 0 aliphatic carbocycles. The van der Waals surface area contributed by atoms with E-state index in [0.717, 1.165) is 13.1 Å². The van der Waals surface area contributed by atoms with Gasteiger partial charge in [-0.2, -0.15) is 0 Å². The first kappa shape index (κ1) is 12.1. The van der Waals surface area contributed by atoms with Gasteiger partial charge in [0.2, 0.25) is 0 Å². The Morgan fingerprint density at radius 2 is 1.80 bits per heavy atom. The van der Waals surface area contributed by atoms with Crippen LogP contribution in [0.15, 0.2) is 24.3 Å². The third-order valence-corrected chi connectivity index (χ3v) is 2.38. The zero-order valence-electron chi connectivity index (χ0n) is 10.2. The topological polar surface area (TPSA) is 15.3 Å². The van der Waals surface area contributed by atoms with Gasteiger partial charge in [-0.05, 0) is 39.1 Å². The summed E-state index contributed by atoms with van der Waals surface area (Å²) in [4.78, 5) is 2.22. The summed E-state index contributed by atoms with van der Waals surface area (Å²) in [7, 11) is 4.23. The van der Waals surface area contributed by atoms with Gasteiger partial charge in [0.25, 0.3) is 0 Å². The van der Waals surface area contributed by atoms with Crippen LogP contribution in [0.3, 0.4) is 0 Å². The maximum Gasteiger partial charge on any atom is 0.0340 e. The van der Waals surface area contributed by atoms with Crippen LogP contribution in [0.2, 0.25) is 0 Å². The predicted octanol–water partition coefficient (Wildman–Crippen LogP) is 2.60. The lowest BCUT2D eigenvalue weighted by molar-refractivity contribution is 0.348. The molecule has 1 aromatic carbocycles. The maximum atomic E-state index is 3.45. The molecule has 1 atom stereocenters. The molecule has 0 aromatic heterocycles. The van der Waals surface area contributed by atoms with Gasteiger partial charge < -0.3 is 10.2 Å². The zero-order chi connectivity index (χ0) is 11.3. The number of benzene rings is 1. The Balaban J connectivity index is 2.33. The van der Waals surface area contributed by atoms with Crippen LogP contribution in [-0.4, -0.2) is 32.1 Å². The fraction of sp³-hybridized carbons (Fsp3) is 0.538. The van der Waals surface area contributed by atoms with E-state index in [2.05, 4.69) is 62.4 Å². The number of anilines is 1. The van der Waals surface area contributed by atoms with E-state index in [1.807, 2.05) is 0 Å². The van der Waals surface area contributed by atoms with Crippen LogP contribution < -0.4 is 5.32 Å². The first-order chi connectivity index (χ1) is 7.08. The van der Waals surface area contributed by atoms with Crippen molar-refractivity contribution >= 4 is 5.69 Å². The number of rotatable bonds is 5. The first-order valence-electron chi connectivity index (χ1n) is 5.53. The minimum absolute atomic E-state index is 0.668. The van der Waals surface area contributed by atoms with Crippen molar-refractivity contribution in [3.63, 3.8) is 0 Å². The Kier molecular flexibility index (Phi) is 4.63. The molecule has 0 aliphatic heterocycles. The summed E-state index contributed by atoms with van der Waals surface area (Å²) < 4.78 is 0. The van der Waals surface area contributed by atoms with Crippen LogP contribution in [0.4, 0.5) is 5.69 Å². The Morgan fingerprint density at radius 3 is 2.33 bits per heavy atom. The van der Waals surface area contributed by atoms with Crippen molar-refractivity contribution in [3.05, 3.63) is 29.8 Å². The Bertz CT molecular complexity index is 277. The van der Waals surface area contributed by atoms with Crippen LogP contribution >= 0.6 is 0 Å². The molecule has 0 fully saturated rings. The number of hydrogen-bond donors (Lipinski definition) is 1. The van der Waals surface area contributed by atoms with E-state index in [0.29, 0.717) is 5.92 Å². The molecule has 0 spiro atoms. The molecule has 1 unspecified atom stereocenters. The normalized spacial score (nSPS) is 12.9. The molecule has 0 saturated carbocycles. The maximum absolute atomic E-state index is 3.45. The molecule has 1 aromatic rings. The third kappa shape index (κ3) is 4.84. The van der Waals surface area contributed by atoms with Crippen molar-refractivity contribution in [1.82, 2.24) is 4.90 Å². The lowest BCUT2D eigenvalue weighted by Crippen LogP contribution is -2.24. The highest BCUT2D eigenvalue weighted by Gasteiger charge is 2.02. The van der Waals surface area contributed by atoms with Gasteiger partial charge in [-0.1, -0.05) is 24.6 Å². The summed E-state index contributed by atoms with van der Waals surface area (Å²) >= 11 is 0. The monoisotopic (exact) mass is 206 g/mol. The average molecular weight is 206 g/mol. The lowest BCUT2D eigenvalue weighted by Gasteiger charge is -2.17. The highest BCUT2D eigenvalue weighted by Crippen LogP contribution is 2.09. The van der Waals surface area contributed by atoms with Crippen LogP contribution in [0.5, 0.6) is 0 Å². The van der Waals surface area contributed by atoms with Gasteiger partial charge in [0.1, 0.15) is 0 Å². The average Bonchev–Trinajstić information content (AvgIpc) is 2.16. The summed E-state index contributed by atoms with van der Waals surface area (Å²) in [5.41, 5.74) is 2.52. The van der Waals surface area contributed by atoms with Gasteiger partial charge in [0.05, 0.1) is 0 Å². The highest BCUT2D eigenvalue weighted by molar-refractivity contribution is 5.44. The van der Waals surface area contributed by atoms with Crippen molar-refractivity contribution in [2.24, 2.45) is 5.92 Å². The molecule has 84 valence electrons. The van der Waals surface area contributed by atoms with Crippen molar-refractivity contribution < 1.29 is 0 Å². The van der Waals surface area contributed by atoms with Crippen LogP contribution in [0.1, 0.15) is 12.5 Å². The predicted molar refractivity (Wildman–Crippen MR) is 67.4 cm³/mol. The fourth-order valence-electron chi connectivity index (χ4n) is 1.65. The first-order valence-corrected chi connectivity index (χ1v) is 5.53. The van der Waals surface area contributed by atoms with E-state index in [-0.39, 0.29) is 0 Å². The van der Waals surface area contributed by atoms with Gasteiger partial charge in [-0.3, -0.25) is 0 Å². The van der Waals surface area contributed by atoms with Crippen molar-refractivity contribution in [2.75, 3.05) is 32.5 Å². The van der Waals surface area contributed by atoms with Gasteiger partial charge in [-0.25, -0.2) is 0 Å². The van der Waals surface area contributed by atoms with Crippen LogP contribution in [0.25, 0.3) is 0 Å². The zero-order valence-corrected chi connectivity index (χ0v) is 10.2. The van der Waals surface area contributed by atoms with E-state index in [9.17, 15) is 0 Å². The Morgan fingerprint density at radius 1 is 1.20 bits per heavy atom. The molecule has 0 aliphatic rings. The number of nitrogens with one attached hydrogen (secondary N) is 1. The van der Waals surface area contributed by atoms with Crippen molar-refractivity contribution in [1.29, 1.82) is 0 Å². The second kappa shape index (κ2) is 5.76. The van der Waals surface area contributed by atoms with E-state index >= 15 is 0 Å². The summed E-state index contributed by atoms with van der Waals surface area (Å²) in [5.74, 6) is 0.668. The molecule has 0 heterocycles. The van der Waals surface area contributed by atoms with E-state index in [1.54, 1.807) is 0 Å². The quantitative estimate of drug-likeness (QED) is 0.796. The van der Waals surface area contributed by atoms with Gasteiger partial charge in [0, 0.05) is 18.8 Å². The molecule has 0 bridgehead atoms. The second-order valence-electron chi connectivity index (χ2n) is 4.61. The summed E-state index contributed by atoms with van der Waals surface area (Å²) in [6, 6.07) is 8.55. The SMILES string of the molecule is Cc1ccc(NCC(C)CN(C)C)cc1. The molecule has 15 heavy (non-hydrogen) atoms. The fourth-order valence-corrected chi connectivity index (χ4v) is 1.65. The number of aryl methyl sites for hydroxylation is 1. The molecule has 0 radical (unpaired) electrons. The highest BCUT2D eigenvalue weighted by atomic mass is 15.1. The lowest BCUT2D eigenvalue weighted by atomic mass is 10.1. The molecule has 1 rings (SSSR count). The standard InChI is InChI=1S/C13H22N2/c1-11-5-7-13(8-6-11)14-9-12(2)10-15(3)4/h5-8,12,14H,9-10H2,1-4H3. The summed E-state index contributed by atoms with van der Waals surface area (Å²) in [5, 5.41) is 3.45. The number of hydrogen-bond acceptors (Lipinski definition) is 2. The second-order valence-corrected chi connectivity index (χ2v) is 4.61. The Labute approximate surface area is 93.3 Å². The minimum atomic E-state index is 0.668. The van der Waals surface area contributed by atoms with Crippen molar-refractivity contribution in [3.8, 4) is 0 Å². The third-order valence-electron chi connectivity index (χ3n) is 2.38. The summed E-state index contributed by atoms with van der Waals surface area (Å²) in [6.45, 7) is 6.53.